The molecule has 0 aliphatic carbocycles. The van der Waals surface area contributed by atoms with Gasteiger partial charge in [-0.25, -0.2) is 0 Å². The smallest absolute Gasteiger partial charge is 0.254 e. The minimum Gasteiger partial charge on any atom is -0.497 e. The number of fused-ring (bicyclic) bond motifs is 1. The van der Waals surface area contributed by atoms with Crippen LogP contribution in [0.25, 0.3) is 0 Å². The van der Waals surface area contributed by atoms with Gasteiger partial charge in [0.25, 0.3) is 5.91 Å². The van der Waals surface area contributed by atoms with Gasteiger partial charge in [-0.05, 0) is 73.0 Å². The molecule has 1 heterocycles. The summed E-state index contributed by atoms with van der Waals surface area (Å²) in [5.41, 5.74) is 3.92. The van der Waals surface area contributed by atoms with Gasteiger partial charge in [-0.3, -0.25) is 4.79 Å². The first-order valence-electron chi connectivity index (χ1n) is 10.9. The van der Waals surface area contributed by atoms with Gasteiger partial charge in [-0.1, -0.05) is 17.7 Å². The van der Waals surface area contributed by atoms with Gasteiger partial charge in [-0.15, -0.1) is 0 Å². The summed E-state index contributed by atoms with van der Waals surface area (Å²) < 4.78 is 22.4. The van der Waals surface area contributed by atoms with Crippen LogP contribution >= 0.6 is 0 Å². The number of carbonyl (C=O) groups excluding carboxylic acids is 1. The van der Waals surface area contributed by atoms with E-state index in [4.69, 9.17) is 18.9 Å². The zero-order chi connectivity index (χ0) is 23.4. The summed E-state index contributed by atoms with van der Waals surface area (Å²) in [4.78, 5) is 15.4. The van der Waals surface area contributed by atoms with E-state index in [1.165, 1.54) is 0 Å². The van der Waals surface area contributed by atoms with Crippen LogP contribution in [0.1, 0.15) is 33.1 Å². The highest BCUT2D eigenvalue weighted by molar-refractivity contribution is 5.94. The van der Waals surface area contributed by atoms with E-state index < -0.39 is 0 Å². The van der Waals surface area contributed by atoms with Crippen LogP contribution in [-0.4, -0.2) is 45.3 Å². The van der Waals surface area contributed by atoms with Crippen molar-refractivity contribution in [2.24, 2.45) is 0 Å². The number of hydrogen-bond acceptors (Lipinski definition) is 5. The highest BCUT2D eigenvalue weighted by Crippen LogP contribution is 2.39. The van der Waals surface area contributed by atoms with Crippen LogP contribution in [-0.2, 0) is 6.42 Å². The van der Waals surface area contributed by atoms with Crippen LogP contribution in [0.3, 0.4) is 0 Å². The van der Waals surface area contributed by atoms with E-state index in [9.17, 15) is 4.79 Å². The first kappa shape index (κ1) is 22.5. The van der Waals surface area contributed by atoms with Crippen molar-refractivity contribution < 1.29 is 23.7 Å². The predicted octanol–water partition coefficient (Wildman–Crippen LogP) is 4.84. The van der Waals surface area contributed by atoms with Gasteiger partial charge in [0, 0.05) is 12.1 Å². The first-order valence-corrected chi connectivity index (χ1v) is 10.9. The van der Waals surface area contributed by atoms with E-state index in [2.05, 4.69) is 0 Å². The normalized spacial score (nSPS) is 14.9. The lowest BCUT2D eigenvalue weighted by Crippen LogP contribution is -2.42. The molecule has 0 radical (unpaired) electrons. The second kappa shape index (κ2) is 9.86. The van der Waals surface area contributed by atoms with Crippen molar-refractivity contribution in [1.82, 2.24) is 4.90 Å². The molecule has 0 saturated carbocycles. The molecule has 0 N–H and O–H groups in total. The Labute approximate surface area is 194 Å². The molecule has 4 rings (SSSR count). The standard InChI is InChI=1S/C27H29NO5/c1-18-5-7-19(8-6-18)27(29)28-14-13-20-15-25(31-3)26(32-4)16-23(20)24(28)17-33-22-11-9-21(30-2)10-12-22/h5-12,15-16,24H,13-14,17H2,1-4H3/t24-/m0/s1. The summed E-state index contributed by atoms with van der Waals surface area (Å²) in [7, 11) is 4.88. The Balaban J connectivity index is 1.68. The summed E-state index contributed by atoms with van der Waals surface area (Å²) in [6.45, 7) is 2.91. The van der Waals surface area contributed by atoms with Gasteiger partial charge in [0.15, 0.2) is 11.5 Å². The quantitative estimate of drug-likeness (QED) is 0.519. The molecule has 172 valence electrons. The number of hydrogen-bond donors (Lipinski definition) is 0. The topological polar surface area (TPSA) is 57.2 Å². The number of carbonyl (C=O) groups is 1. The zero-order valence-corrected chi connectivity index (χ0v) is 19.5. The first-order chi connectivity index (χ1) is 16.0. The molecule has 1 aliphatic rings. The van der Waals surface area contributed by atoms with Crippen LogP contribution in [0.15, 0.2) is 60.7 Å². The van der Waals surface area contributed by atoms with E-state index in [1.54, 1.807) is 21.3 Å². The maximum atomic E-state index is 13.5. The van der Waals surface area contributed by atoms with Gasteiger partial charge in [0.2, 0.25) is 0 Å². The lowest BCUT2D eigenvalue weighted by Gasteiger charge is -2.37. The van der Waals surface area contributed by atoms with Crippen molar-refractivity contribution in [3.05, 3.63) is 82.9 Å². The van der Waals surface area contributed by atoms with E-state index in [1.807, 2.05) is 72.5 Å². The molecule has 0 fully saturated rings. The van der Waals surface area contributed by atoms with E-state index in [-0.39, 0.29) is 11.9 Å². The average molecular weight is 448 g/mol. The third kappa shape index (κ3) is 4.75. The number of benzene rings is 3. The fourth-order valence-electron chi connectivity index (χ4n) is 4.16. The van der Waals surface area contributed by atoms with E-state index >= 15 is 0 Å². The number of nitrogens with zero attached hydrogens (tertiary/aromatic N) is 1. The minimum atomic E-state index is -0.274. The van der Waals surface area contributed by atoms with Gasteiger partial charge in [0.05, 0.1) is 27.4 Å². The molecule has 0 aromatic heterocycles. The molecule has 1 atom stereocenters. The molecule has 3 aromatic rings. The highest BCUT2D eigenvalue weighted by atomic mass is 16.5. The molecule has 0 bridgehead atoms. The Morgan fingerprint density at radius 3 is 2.15 bits per heavy atom. The van der Waals surface area contributed by atoms with Gasteiger partial charge < -0.3 is 23.8 Å². The second-order valence-corrected chi connectivity index (χ2v) is 8.02. The minimum absolute atomic E-state index is 0.0150. The lowest BCUT2D eigenvalue weighted by atomic mass is 9.91. The SMILES string of the molecule is COc1ccc(OC[C@H]2c3cc(OC)c(OC)cc3CCN2C(=O)c2ccc(C)cc2)cc1. The summed E-state index contributed by atoms with van der Waals surface area (Å²) in [6.07, 6.45) is 0.728. The lowest BCUT2D eigenvalue weighted by molar-refractivity contribution is 0.0589. The fraction of sp³-hybridized carbons (Fsp3) is 0.296. The molecule has 0 saturated heterocycles. The van der Waals surface area contributed by atoms with Crippen LogP contribution in [0, 0.1) is 6.92 Å². The Hall–Kier alpha value is -3.67. The van der Waals surface area contributed by atoms with Crippen molar-refractivity contribution >= 4 is 5.91 Å². The average Bonchev–Trinajstić information content (AvgIpc) is 2.86. The number of ether oxygens (including phenoxy) is 4. The predicted molar refractivity (Wildman–Crippen MR) is 127 cm³/mol. The molecular weight excluding hydrogens is 418 g/mol. The van der Waals surface area contributed by atoms with Crippen LogP contribution < -0.4 is 18.9 Å². The Kier molecular flexibility index (Phi) is 6.73. The van der Waals surface area contributed by atoms with Crippen LogP contribution in [0.2, 0.25) is 0 Å². The summed E-state index contributed by atoms with van der Waals surface area (Å²) >= 11 is 0. The van der Waals surface area contributed by atoms with Crippen molar-refractivity contribution in [1.29, 1.82) is 0 Å². The van der Waals surface area contributed by atoms with Gasteiger partial charge in [0.1, 0.15) is 18.1 Å². The maximum Gasteiger partial charge on any atom is 0.254 e. The van der Waals surface area contributed by atoms with Gasteiger partial charge >= 0.3 is 0 Å². The second-order valence-electron chi connectivity index (χ2n) is 8.02. The molecular formula is C27H29NO5. The largest absolute Gasteiger partial charge is 0.497 e. The third-order valence-electron chi connectivity index (χ3n) is 6.03. The molecule has 6 heteroatoms. The van der Waals surface area contributed by atoms with Crippen LogP contribution in [0.4, 0.5) is 0 Å². The number of amides is 1. The van der Waals surface area contributed by atoms with Crippen molar-refractivity contribution in [3.8, 4) is 23.0 Å². The summed E-state index contributed by atoms with van der Waals surface area (Å²) in [6, 6.07) is 18.8. The fourth-order valence-corrected chi connectivity index (χ4v) is 4.16. The van der Waals surface area contributed by atoms with Gasteiger partial charge in [-0.2, -0.15) is 0 Å². The van der Waals surface area contributed by atoms with E-state index in [0.717, 1.165) is 28.9 Å². The number of methoxy groups -OCH3 is 3. The Morgan fingerprint density at radius 1 is 0.879 bits per heavy atom. The molecule has 6 nitrogen and oxygen atoms in total. The molecule has 1 amide bonds. The van der Waals surface area contributed by atoms with Crippen molar-refractivity contribution in [2.45, 2.75) is 19.4 Å². The Bertz CT molecular complexity index is 1110. The molecule has 3 aromatic carbocycles. The molecule has 33 heavy (non-hydrogen) atoms. The van der Waals surface area contributed by atoms with Crippen molar-refractivity contribution in [3.63, 3.8) is 0 Å². The maximum absolute atomic E-state index is 13.5. The zero-order valence-electron chi connectivity index (χ0n) is 19.5. The monoisotopic (exact) mass is 447 g/mol. The molecule has 0 spiro atoms. The third-order valence-corrected chi connectivity index (χ3v) is 6.03. The van der Waals surface area contributed by atoms with Crippen LogP contribution in [0.5, 0.6) is 23.0 Å². The Morgan fingerprint density at radius 2 is 1.52 bits per heavy atom. The molecule has 0 unspecified atom stereocenters. The summed E-state index contributed by atoms with van der Waals surface area (Å²) in [5.74, 6) is 2.78. The highest BCUT2D eigenvalue weighted by Gasteiger charge is 2.33. The van der Waals surface area contributed by atoms with E-state index in [0.29, 0.717) is 36.0 Å². The summed E-state index contributed by atoms with van der Waals surface area (Å²) in [5, 5.41) is 0. The number of rotatable bonds is 7. The number of aryl methyl sites for hydroxylation is 1. The van der Waals surface area contributed by atoms with Crippen molar-refractivity contribution in [2.75, 3.05) is 34.5 Å². The molecule has 1 aliphatic heterocycles.